The molecule has 2 N–H and O–H groups in total. The molecule has 7 heteroatoms. The van der Waals surface area contributed by atoms with E-state index in [1.54, 1.807) is 13.0 Å². The topological polar surface area (TPSA) is 97.2 Å². The van der Waals surface area contributed by atoms with Crippen molar-refractivity contribution in [3.05, 3.63) is 105 Å². The molecule has 0 aliphatic heterocycles. The Kier molecular flexibility index (Phi) is 5.82. The molecule has 0 aliphatic carbocycles. The van der Waals surface area contributed by atoms with Crippen LogP contribution in [0.4, 0.5) is 0 Å². The first-order valence-corrected chi connectivity index (χ1v) is 11.4. The lowest BCUT2D eigenvalue weighted by atomic mass is 10.0. The van der Waals surface area contributed by atoms with E-state index >= 15 is 0 Å². The number of hydrogen-bond acceptors (Lipinski definition) is 5. The van der Waals surface area contributed by atoms with Gasteiger partial charge in [0.15, 0.2) is 6.61 Å². The van der Waals surface area contributed by atoms with Gasteiger partial charge in [-0.2, -0.15) is 0 Å². The number of carbonyl (C=O) groups excluding carboxylic acids is 1. The maximum atomic E-state index is 13.0. The molecule has 1 amide bonds. The third-order valence-electron chi connectivity index (χ3n) is 6.30. The Labute approximate surface area is 201 Å². The van der Waals surface area contributed by atoms with E-state index in [0.717, 1.165) is 27.5 Å². The minimum atomic E-state index is -0.471. The van der Waals surface area contributed by atoms with Crippen LogP contribution in [0.25, 0.3) is 22.0 Å². The highest BCUT2D eigenvalue weighted by atomic mass is 16.5. The molecular formula is C28H25N3O4. The summed E-state index contributed by atoms with van der Waals surface area (Å²) in [7, 11) is 0. The average Bonchev–Trinajstić information content (AvgIpc) is 3.30. The van der Waals surface area contributed by atoms with Crippen LogP contribution in [-0.2, 0) is 4.79 Å². The fourth-order valence-corrected chi connectivity index (χ4v) is 4.19. The molecule has 5 aromatic rings. The molecule has 5 rings (SSSR count). The number of rotatable bonds is 6. The third-order valence-corrected chi connectivity index (χ3v) is 6.30. The number of benzene rings is 3. The Morgan fingerprint density at radius 1 is 0.971 bits per heavy atom. The molecule has 1 atom stereocenters. The van der Waals surface area contributed by atoms with Crippen LogP contribution in [0.2, 0.25) is 0 Å². The van der Waals surface area contributed by atoms with E-state index in [-0.39, 0.29) is 18.1 Å². The van der Waals surface area contributed by atoms with Gasteiger partial charge in [-0.25, -0.2) is 9.78 Å². The van der Waals surface area contributed by atoms with E-state index in [2.05, 4.69) is 15.3 Å². The zero-order valence-corrected chi connectivity index (χ0v) is 19.7. The summed E-state index contributed by atoms with van der Waals surface area (Å²) in [5.41, 5.74) is 4.86. The first-order chi connectivity index (χ1) is 16.9. The number of fused-ring (bicyclic) bond motifs is 2. The number of imidazole rings is 1. The number of carbonyl (C=O) groups is 1. The van der Waals surface area contributed by atoms with Gasteiger partial charge in [0.2, 0.25) is 0 Å². The second kappa shape index (κ2) is 9.10. The molecule has 0 fully saturated rings. The summed E-state index contributed by atoms with van der Waals surface area (Å²) >= 11 is 0. The van der Waals surface area contributed by atoms with Crippen molar-refractivity contribution in [2.24, 2.45) is 0 Å². The van der Waals surface area contributed by atoms with Crippen molar-refractivity contribution < 1.29 is 13.9 Å². The predicted molar refractivity (Wildman–Crippen MR) is 135 cm³/mol. The van der Waals surface area contributed by atoms with Crippen molar-refractivity contribution in [1.82, 2.24) is 15.3 Å². The number of para-hydroxylation sites is 2. The van der Waals surface area contributed by atoms with Crippen LogP contribution in [-0.4, -0.2) is 22.5 Å². The van der Waals surface area contributed by atoms with E-state index in [0.29, 0.717) is 28.3 Å². The van der Waals surface area contributed by atoms with Crippen LogP contribution in [0.15, 0.2) is 75.9 Å². The van der Waals surface area contributed by atoms with Gasteiger partial charge < -0.3 is 19.5 Å². The number of hydrogen-bond donors (Lipinski definition) is 2. The number of nitrogens with one attached hydrogen (secondary N) is 2. The van der Waals surface area contributed by atoms with Gasteiger partial charge in [0.1, 0.15) is 23.2 Å². The van der Waals surface area contributed by atoms with Crippen LogP contribution in [0.3, 0.4) is 0 Å². The van der Waals surface area contributed by atoms with Crippen LogP contribution in [0, 0.1) is 20.8 Å². The zero-order chi connectivity index (χ0) is 24.5. The molecule has 0 saturated heterocycles. The van der Waals surface area contributed by atoms with E-state index in [1.807, 2.05) is 74.5 Å². The summed E-state index contributed by atoms with van der Waals surface area (Å²) in [6, 6.07) is 20.6. The Morgan fingerprint density at radius 2 is 1.71 bits per heavy atom. The van der Waals surface area contributed by atoms with E-state index in [9.17, 15) is 9.59 Å². The Hall–Kier alpha value is -4.39. The molecule has 0 unspecified atom stereocenters. The van der Waals surface area contributed by atoms with Gasteiger partial charge in [-0.3, -0.25) is 4.79 Å². The van der Waals surface area contributed by atoms with Crippen molar-refractivity contribution >= 4 is 27.9 Å². The normalized spacial score (nSPS) is 12.1. The Morgan fingerprint density at radius 3 is 2.49 bits per heavy atom. The van der Waals surface area contributed by atoms with E-state index in [4.69, 9.17) is 9.15 Å². The summed E-state index contributed by atoms with van der Waals surface area (Å²) in [5.74, 6) is 0.819. The van der Waals surface area contributed by atoms with Gasteiger partial charge in [-0.1, -0.05) is 42.5 Å². The van der Waals surface area contributed by atoms with Crippen molar-refractivity contribution in [3.8, 4) is 5.75 Å². The number of nitrogens with zero attached hydrogens (tertiary/aromatic N) is 1. The lowest BCUT2D eigenvalue weighted by Crippen LogP contribution is -2.34. The lowest BCUT2D eigenvalue weighted by molar-refractivity contribution is -0.123. The molecule has 35 heavy (non-hydrogen) atoms. The van der Waals surface area contributed by atoms with Crippen molar-refractivity contribution in [3.63, 3.8) is 0 Å². The van der Waals surface area contributed by atoms with Crippen molar-refractivity contribution in [2.45, 2.75) is 26.8 Å². The van der Waals surface area contributed by atoms with Crippen molar-refractivity contribution in [2.75, 3.05) is 6.61 Å². The van der Waals surface area contributed by atoms with Gasteiger partial charge in [-0.05, 0) is 56.2 Å². The number of aromatic nitrogens is 2. The molecule has 0 aliphatic rings. The molecule has 7 nitrogen and oxygen atoms in total. The maximum Gasteiger partial charge on any atom is 0.339 e. The summed E-state index contributed by atoms with van der Waals surface area (Å²) in [4.78, 5) is 33.1. The summed E-state index contributed by atoms with van der Waals surface area (Å²) in [6.45, 7) is 5.25. The molecule has 176 valence electrons. The monoisotopic (exact) mass is 467 g/mol. The van der Waals surface area contributed by atoms with Gasteiger partial charge in [0.05, 0.1) is 11.0 Å². The highest BCUT2D eigenvalue weighted by molar-refractivity contribution is 5.86. The zero-order valence-electron chi connectivity index (χ0n) is 19.7. The van der Waals surface area contributed by atoms with E-state index in [1.165, 1.54) is 0 Å². The van der Waals surface area contributed by atoms with Gasteiger partial charge in [0, 0.05) is 16.5 Å². The van der Waals surface area contributed by atoms with Gasteiger partial charge in [0.25, 0.3) is 5.91 Å². The lowest BCUT2D eigenvalue weighted by Gasteiger charge is -2.18. The van der Waals surface area contributed by atoms with Crippen molar-refractivity contribution in [1.29, 1.82) is 0 Å². The molecule has 2 heterocycles. The summed E-state index contributed by atoms with van der Waals surface area (Å²) < 4.78 is 11.4. The minimum absolute atomic E-state index is 0.203. The second-order valence-electron chi connectivity index (χ2n) is 8.54. The largest absolute Gasteiger partial charge is 0.483 e. The van der Waals surface area contributed by atoms with Crippen LogP contribution in [0.1, 0.15) is 34.1 Å². The highest BCUT2D eigenvalue weighted by Gasteiger charge is 2.21. The predicted octanol–water partition coefficient (Wildman–Crippen LogP) is 4.88. The number of ether oxygens (including phenoxy) is 1. The summed E-state index contributed by atoms with van der Waals surface area (Å²) in [6.07, 6.45) is 0. The Balaban J connectivity index is 1.39. The molecule has 0 bridgehead atoms. The third kappa shape index (κ3) is 4.28. The van der Waals surface area contributed by atoms with Crippen LogP contribution < -0.4 is 15.7 Å². The van der Waals surface area contributed by atoms with E-state index < -0.39 is 6.04 Å². The number of aryl methyl sites for hydroxylation is 2. The quantitative estimate of drug-likeness (QED) is 0.347. The van der Waals surface area contributed by atoms with Crippen LogP contribution >= 0.6 is 0 Å². The first kappa shape index (κ1) is 22.4. The standard InChI is InChI=1S/C28H25N3O4/c1-16-17(2)28(33)35-26-18(3)23(14-13-20(16)26)34-15-24(32)31-25(19-9-5-4-6-10-19)27-29-21-11-7-8-12-22(21)30-27/h4-14,25H,15H2,1-3H3,(H,29,30)(H,31,32)/t25-/m0/s1. The second-order valence-corrected chi connectivity index (χ2v) is 8.54. The average molecular weight is 468 g/mol. The smallest absolute Gasteiger partial charge is 0.339 e. The number of aromatic amines is 1. The van der Waals surface area contributed by atoms with Crippen LogP contribution in [0.5, 0.6) is 5.75 Å². The fraction of sp³-hybridized carbons (Fsp3) is 0.179. The molecule has 0 radical (unpaired) electrons. The minimum Gasteiger partial charge on any atom is -0.483 e. The number of amides is 1. The summed E-state index contributed by atoms with van der Waals surface area (Å²) in [5, 5.41) is 3.88. The van der Waals surface area contributed by atoms with Gasteiger partial charge in [-0.15, -0.1) is 0 Å². The van der Waals surface area contributed by atoms with Gasteiger partial charge >= 0.3 is 5.63 Å². The molecule has 0 spiro atoms. The molecule has 2 aromatic heterocycles. The molecule has 3 aromatic carbocycles. The SMILES string of the molecule is Cc1c(C)c2ccc(OCC(=O)N[C@@H](c3ccccc3)c3nc4ccccc4[nH]3)c(C)c2oc1=O. The number of H-pyrrole nitrogens is 1. The highest BCUT2D eigenvalue weighted by Crippen LogP contribution is 2.29. The molecule has 0 saturated carbocycles. The fourth-order valence-electron chi connectivity index (χ4n) is 4.19. The maximum absolute atomic E-state index is 13.0. The first-order valence-electron chi connectivity index (χ1n) is 11.4. The molecular weight excluding hydrogens is 442 g/mol. The Bertz CT molecular complexity index is 1570.